The molecular formula is C13H9ClFNO2. The molecule has 0 aliphatic rings. The van der Waals surface area contributed by atoms with Gasteiger partial charge in [0.1, 0.15) is 11.6 Å². The fourth-order valence-electron chi connectivity index (χ4n) is 1.45. The van der Waals surface area contributed by atoms with E-state index in [1.807, 2.05) is 0 Å². The third-order valence-electron chi connectivity index (χ3n) is 2.28. The Morgan fingerprint density at radius 2 is 2.00 bits per heavy atom. The number of halogens is 2. The molecule has 92 valence electrons. The zero-order valence-electron chi connectivity index (χ0n) is 9.15. The summed E-state index contributed by atoms with van der Waals surface area (Å²) in [4.78, 5) is 11.8. The molecule has 2 aromatic rings. The Hall–Kier alpha value is -2.07. The van der Waals surface area contributed by atoms with Crippen LogP contribution in [0.4, 0.5) is 10.1 Å². The first-order chi connectivity index (χ1) is 8.56. The van der Waals surface area contributed by atoms with E-state index in [4.69, 9.17) is 16.7 Å². The van der Waals surface area contributed by atoms with E-state index in [-0.39, 0.29) is 11.3 Å². The number of hydrogen-bond donors (Lipinski definition) is 2. The average Bonchev–Trinajstić information content (AvgIpc) is 2.28. The number of rotatable bonds is 2. The second kappa shape index (κ2) is 5.06. The van der Waals surface area contributed by atoms with Gasteiger partial charge < -0.3 is 10.4 Å². The summed E-state index contributed by atoms with van der Waals surface area (Å²) < 4.78 is 13.4. The summed E-state index contributed by atoms with van der Waals surface area (Å²) in [6.07, 6.45) is 0. The van der Waals surface area contributed by atoms with Gasteiger partial charge in [-0.1, -0.05) is 17.7 Å². The lowest BCUT2D eigenvalue weighted by Gasteiger charge is -2.06. The number of carbonyl (C=O) groups excluding carboxylic acids is 1. The minimum atomic E-state index is -0.783. The molecule has 0 bridgehead atoms. The summed E-state index contributed by atoms with van der Waals surface area (Å²) in [7, 11) is 0. The third-order valence-corrected chi connectivity index (χ3v) is 2.51. The van der Waals surface area contributed by atoms with E-state index in [9.17, 15) is 9.18 Å². The standard InChI is InChI=1S/C13H9ClFNO2/c14-8-2-1-3-9(6-8)16-13(18)11-5-4-10(17)7-12(11)15/h1-7,17H,(H,16,18). The highest BCUT2D eigenvalue weighted by Gasteiger charge is 2.12. The summed E-state index contributed by atoms with van der Waals surface area (Å²) in [6.45, 7) is 0. The molecule has 0 atom stereocenters. The molecule has 1 amide bonds. The van der Waals surface area contributed by atoms with Gasteiger partial charge in [-0.3, -0.25) is 4.79 Å². The van der Waals surface area contributed by atoms with Gasteiger partial charge in [-0.25, -0.2) is 4.39 Å². The third kappa shape index (κ3) is 2.78. The first-order valence-electron chi connectivity index (χ1n) is 5.12. The number of benzene rings is 2. The van der Waals surface area contributed by atoms with Crippen molar-refractivity contribution in [1.29, 1.82) is 0 Å². The smallest absolute Gasteiger partial charge is 0.258 e. The predicted molar refractivity (Wildman–Crippen MR) is 67.5 cm³/mol. The van der Waals surface area contributed by atoms with Crippen LogP contribution in [-0.4, -0.2) is 11.0 Å². The number of amides is 1. The lowest BCUT2D eigenvalue weighted by Crippen LogP contribution is -2.13. The Morgan fingerprint density at radius 1 is 1.22 bits per heavy atom. The monoisotopic (exact) mass is 265 g/mol. The van der Waals surface area contributed by atoms with Gasteiger partial charge in [0, 0.05) is 16.8 Å². The summed E-state index contributed by atoms with van der Waals surface area (Å²) in [6, 6.07) is 9.87. The van der Waals surface area contributed by atoms with Crippen molar-refractivity contribution in [3.8, 4) is 5.75 Å². The second-order valence-corrected chi connectivity index (χ2v) is 4.07. The first-order valence-corrected chi connectivity index (χ1v) is 5.49. The van der Waals surface area contributed by atoms with E-state index in [0.29, 0.717) is 10.7 Å². The van der Waals surface area contributed by atoms with Crippen LogP contribution in [0.25, 0.3) is 0 Å². The van der Waals surface area contributed by atoms with Crippen LogP contribution in [0.15, 0.2) is 42.5 Å². The molecule has 2 rings (SSSR count). The number of hydrogen-bond acceptors (Lipinski definition) is 2. The van der Waals surface area contributed by atoms with E-state index in [0.717, 1.165) is 6.07 Å². The number of nitrogens with one attached hydrogen (secondary N) is 1. The number of phenolic OH excluding ortho intramolecular Hbond substituents is 1. The Labute approximate surface area is 108 Å². The predicted octanol–water partition coefficient (Wildman–Crippen LogP) is 3.44. The molecule has 0 radical (unpaired) electrons. The van der Waals surface area contributed by atoms with Crippen LogP contribution in [-0.2, 0) is 0 Å². The quantitative estimate of drug-likeness (QED) is 0.874. The summed E-state index contributed by atoms with van der Waals surface area (Å²) in [5.41, 5.74) is 0.327. The lowest BCUT2D eigenvalue weighted by molar-refractivity contribution is 0.102. The minimum absolute atomic E-state index is 0.146. The van der Waals surface area contributed by atoms with E-state index >= 15 is 0 Å². The molecule has 0 saturated heterocycles. The SMILES string of the molecule is O=C(Nc1cccc(Cl)c1)c1ccc(O)cc1F. The van der Waals surface area contributed by atoms with Crippen LogP contribution in [0.5, 0.6) is 5.75 Å². The second-order valence-electron chi connectivity index (χ2n) is 3.63. The Balaban J connectivity index is 2.22. The average molecular weight is 266 g/mol. The Morgan fingerprint density at radius 3 is 2.67 bits per heavy atom. The number of phenols is 1. The lowest BCUT2D eigenvalue weighted by atomic mass is 10.2. The van der Waals surface area contributed by atoms with Gasteiger partial charge in [-0.2, -0.15) is 0 Å². The highest BCUT2D eigenvalue weighted by atomic mass is 35.5. The zero-order chi connectivity index (χ0) is 13.1. The first kappa shape index (κ1) is 12.4. The molecule has 3 nitrogen and oxygen atoms in total. The van der Waals surface area contributed by atoms with E-state index in [2.05, 4.69) is 5.32 Å². The van der Waals surface area contributed by atoms with Crippen molar-refractivity contribution in [2.45, 2.75) is 0 Å². The van der Waals surface area contributed by atoms with Crippen molar-refractivity contribution in [3.63, 3.8) is 0 Å². The van der Waals surface area contributed by atoms with Gasteiger partial charge in [0.05, 0.1) is 5.56 Å². The highest BCUT2D eigenvalue weighted by molar-refractivity contribution is 6.30. The van der Waals surface area contributed by atoms with Gasteiger partial charge in [-0.05, 0) is 30.3 Å². The molecule has 0 spiro atoms. The molecule has 0 aliphatic carbocycles. The number of aromatic hydroxyl groups is 1. The van der Waals surface area contributed by atoms with Gasteiger partial charge in [0.25, 0.3) is 5.91 Å². The molecule has 0 saturated carbocycles. The van der Waals surface area contributed by atoms with Crippen molar-refractivity contribution >= 4 is 23.2 Å². The molecule has 0 unspecified atom stereocenters. The minimum Gasteiger partial charge on any atom is -0.508 e. The maximum absolute atomic E-state index is 13.4. The largest absolute Gasteiger partial charge is 0.508 e. The molecule has 5 heteroatoms. The topological polar surface area (TPSA) is 49.3 Å². The fraction of sp³-hybridized carbons (Fsp3) is 0. The summed E-state index contributed by atoms with van der Waals surface area (Å²) >= 11 is 5.77. The molecule has 0 aromatic heterocycles. The van der Waals surface area contributed by atoms with E-state index < -0.39 is 11.7 Å². The van der Waals surface area contributed by atoms with Crippen molar-refractivity contribution in [2.75, 3.05) is 5.32 Å². The molecule has 0 heterocycles. The Kier molecular flexibility index (Phi) is 3.48. The Bertz CT molecular complexity index is 601. The van der Waals surface area contributed by atoms with Crippen LogP contribution >= 0.6 is 11.6 Å². The molecular weight excluding hydrogens is 257 g/mol. The van der Waals surface area contributed by atoms with Gasteiger partial charge in [0.2, 0.25) is 0 Å². The van der Waals surface area contributed by atoms with Gasteiger partial charge in [0.15, 0.2) is 0 Å². The summed E-state index contributed by atoms with van der Waals surface area (Å²) in [5, 5.41) is 12.0. The van der Waals surface area contributed by atoms with Gasteiger partial charge in [-0.15, -0.1) is 0 Å². The normalized spacial score (nSPS) is 10.1. The van der Waals surface area contributed by atoms with Crippen LogP contribution < -0.4 is 5.32 Å². The fourth-order valence-corrected chi connectivity index (χ4v) is 1.64. The van der Waals surface area contributed by atoms with Crippen molar-refractivity contribution < 1.29 is 14.3 Å². The van der Waals surface area contributed by atoms with Crippen LogP contribution in [0.1, 0.15) is 10.4 Å². The molecule has 0 fully saturated rings. The highest BCUT2D eigenvalue weighted by Crippen LogP contribution is 2.18. The van der Waals surface area contributed by atoms with E-state index in [1.54, 1.807) is 24.3 Å². The van der Waals surface area contributed by atoms with Crippen molar-refractivity contribution in [3.05, 3.63) is 58.9 Å². The van der Waals surface area contributed by atoms with Gasteiger partial charge >= 0.3 is 0 Å². The number of anilines is 1. The zero-order valence-corrected chi connectivity index (χ0v) is 9.91. The summed E-state index contributed by atoms with van der Waals surface area (Å²) in [5.74, 6) is -1.61. The maximum Gasteiger partial charge on any atom is 0.258 e. The number of carbonyl (C=O) groups is 1. The molecule has 2 N–H and O–H groups in total. The molecule has 0 aliphatic heterocycles. The van der Waals surface area contributed by atoms with Crippen LogP contribution in [0, 0.1) is 5.82 Å². The van der Waals surface area contributed by atoms with E-state index in [1.165, 1.54) is 12.1 Å². The van der Waals surface area contributed by atoms with Crippen molar-refractivity contribution in [1.82, 2.24) is 0 Å². The van der Waals surface area contributed by atoms with Crippen molar-refractivity contribution in [2.24, 2.45) is 0 Å². The van der Waals surface area contributed by atoms with Crippen LogP contribution in [0.2, 0.25) is 5.02 Å². The molecule has 18 heavy (non-hydrogen) atoms. The van der Waals surface area contributed by atoms with Crippen LogP contribution in [0.3, 0.4) is 0 Å². The maximum atomic E-state index is 13.4. The molecule has 2 aromatic carbocycles.